The molecule has 1 unspecified atom stereocenters. The van der Waals surface area contributed by atoms with Crippen LogP contribution in [0.5, 0.6) is 11.5 Å². The third-order valence-corrected chi connectivity index (χ3v) is 5.71. The number of nitro groups is 1. The van der Waals surface area contributed by atoms with Crippen LogP contribution in [-0.4, -0.2) is 33.9 Å². The quantitative estimate of drug-likeness (QED) is 0.171. The van der Waals surface area contributed by atoms with Crippen LogP contribution in [0.15, 0.2) is 66.2 Å². The second-order valence-corrected chi connectivity index (χ2v) is 7.93. The molecule has 3 aromatic rings. The normalized spacial score (nSPS) is 17.0. The Labute approximate surface area is 202 Å². The number of phenolic OH excluding ortho intramolecular Hbond substituents is 1. The van der Waals surface area contributed by atoms with Crippen molar-refractivity contribution in [3.05, 3.63) is 98.3 Å². The molecule has 1 saturated heterocycles. The van der Waals surface area contributed by atoms with Crippen molar-refractivity contribution in [3.63, 3.8) is 0 Å². The Morgan fingerprint density at radius 2 is 1.80 bits per heavy atom. The van der Waals surface area contributed by atoms with Gasteiger partial charge in [0, 0.05) is 16.8 Å². The maximum atomic E-state index is 13.6. The van der Waals surface area contributed by atoms with E-state index in [-0.39, 0.29) is 27.6 Å². The number of halogens is 2. The number of aromatic hydroxyl groups is 1. The lowest BCUT2D eigenvalue weighted by Crippen LogP contribution is -2.29. The van der Waals surface area contributed by atoms with Gasteiger partial charge in [0.15, 0.2) is 5.75 Å². The Morgan fingerprint density at radius 1 is 1.11 bits per heavy atom. The van der Waals surface area contributed by atoms with Crippen molar-refractivity contribution < 1.29 is 33.9 Å². The van der Waals surface area contributed by atoms with Crippen molar-refractivity contribution in [2.75, 3.05) is 12.0 Å². The van der Waals surface area contributed by atoms with Crippen LogP contribution in [0.4, 0.5) is 15.8 Å². The second-order valence-electron chi connectivity index (χ2n) is 7.50. The van der Waals surface area contributed by atoms with Gasteiger partial charge in [0.25, 0.3) is 11.7 Å². The van der Waals surface area contributed by atoms with Gasteiger partial charge in [0.1, 0.15) is 17.3 Å². The highest BCUT2D eigenvalue weighted by atomic mass is 35.5. The number of nitro benzene ring substituents is 1. The average Bonchev–Trinajstić information content (AvgIpc) is 3.09. The smallest absolute Gasteiger partial charge is 0.311 e. The molecule has 0 radical (unpaired) electrons. The maximum absolute atomic E-state index is 13.6. The number of hydrogen-bond acceptors (Lipinski definition) is 7. The lowest BCUT2D eigenvalue weighted by Gasteiger charge is -2.25. The van der Waals surface area contributed by atoms with Crippen LogP contribution in [-0.2, 0) is 9.59 Å². The van der Waals surface area contributed by atoms with Crippen molar-refractivity contribution in [3.8, 4) is 11.5 Å². The minimum atomic E-state index is -1.36. The molecule has 1 amide bonds. The summed E-state index contributed by atoms with van der Waals surface area (Å²) in [6.07, 6.45) is 0. The van der Waals surface area contributed by atoms with Crippen LogP contribution in [0.1, 0.15) is 17.2 Å². The molecule has 0 aliphatic carbocycles. The zero-order valence-corrected chi connectivity index (χ0v) is 18.7. The number of carbonyl (C=O) groups excluding carboxylic acids is 2. The van der Waals surface area contributed by atoms with Crippen LogP contribution < -0.4 is 9.64 Å². The number of amides is 1. The first-order chi connectivity index (χ1) is 16.6. The molecule has 0 bridgehead atoms. The number of phenols is 1. The Balaban J connectivity index is 2.02. The van der Waals surface area contributed by atoms with E-state index in [1.165, 1.54) is 43.5 Å². The third-order valence-electron chi connectivity index (χ3n) is 5.48. The summed E-state index contributed by atoms with van der Waals surface area (Å²) in [5.41, 5.74) is -0.922. The number of anilines is 1. The van der Waals surface area contributed by atoms with Crippen molar-refractivity contribution in [2.24, 2.45) is 0 Å². The molecule has 1 aliphatic heterocycles. The largest absolute Gasteiger partial charge is 0.507 e. The average molecular weight is 499 g/mol. The number of hydrogen-bond donors (Lipinski definition) is 2. The first-order valence-corrected chi connectivity index (χ1v) is 10.4. The van der Waals surface area contributed by atoms with Gasteiger partial charge < -0.3 is 14.9 Å². The molecule has 11 heteroatoms. The van der Waals surface area contributed by atoms with E-state index < -0.39 is 51.2 Å². The molecule has 0 saturated carbocycles. The number of aliphatic hydroxyl groups excluding tert-OH is 1. The van der Waals surface area contributed by atoms with Gasteiger partial charge in [0.2, 0.25) is 0 Å². The number of carbonyl (C=O) groups is 2. The van der Waals surface area contributed by atoms with Gasteiger partial charge in [-0.3, -0.25) is 24.6 Å². The van der Waals surface area contributed by atoms with Crippen molar-refractivity contribution in [1.29, 1.82) is 0 Å². The molecule has 1 heterocycles. The first-order valence-electron chi connectivity index (χ1n) is 10.0. The SMILES string of the molecule is COc1ccc(Cl)cc1/C(O)=C1\C(=O)C(=O)N(c2ccc(F)cc2)C1c1ccc(O)c([N+](=O)[O-])c1. The number of rotatable bonds is 5. The molecular formula is C24H16ClFN2O7. The van der Waals surface area contributed by atoms with E-state index >= 15 is 0 Å². The van der Waals surface area contributed by atoms with Crippen LogP contribution >= 0.6 is 11.6 Å². The van der Waals surface area contributed by atoms with Gasteiger partial charge in [0.05, 0.1) is 29.2 Å². The molecule has 35 heavy (non-hydrogen) atoms. The molecule has 4 rings (SSSR count). The fourth-order valence-corrected chi connectivity index (χ4v) is 4.06. The number of nitrogens with zero attached hydrogens (tertiary/aromatic N) is 2. The molecule has 9 nitrogen and oxygen atoms in total. The predicted molar refractivity (Wildman–Crippen MR) is 124 cm³/mol. The highest BCUT2D eigenvalue weighted by Crippen LogP contribution is 2.45. The topological polar surface area (TPSA) is 130 Å². The molecule has 3 aromatic carbocycles. The Bertz CT molecular complexity index is 1410. The van der Waals surface area contributed by atoms with E-state index in [2.05, 4.69) is 0 Å². The zero-order chi connectivity index (χ0) is 25.4. The minimum Gasteiger partial charge on any atom is -0.507 e. The van der Waals surface area contributed by atoms with E-state index in [9.17, 15) is 34.3 Å². The number of benzene rings is 3. The number of aliphatic hydroxyl groups is 1. The van der Waals surface area contributed by atoms with E-state index in [1.807, 2.05) is 0 Å². The molecule has 178 valence electrons. The van der Waals surface area contributed by atoms with Gasteiger partial charge in [-0.05, 0) is 54.1 Å². The van der Waals surface area contributed by atoms with Crippen LogP contribution in [0.2, 0.25) is 5.02 Å². The van der Waals surface area contributed by atoms with Gasteiger partial charge in [-0.25, -0.2) is 4.39 Å². The third kappa shape index (κ3) is 4.15. The lowest BCUT2D eigenvalue weighted by molar-refractivity contribution is -0.385. The summed E-state index contributed by atoms with van der Waals surface area (Å²) < 4.78 is 18.8. The Morgan fingerprint density at radius 3 is 2.43 bits per heavy atom. The zero-order valence-electron chi connectivity index (χ0n) is 17.9. The summed E-state index contributed by atoms with van der Waals surface area (Å²) in [5, 5.41) is 32.7. The van der Waals surface area contributed by atoms with Crippen molar-refractivity contribution in [1.82, 2.24) is 0 Å². The van der Waals surface area contributed by atoms with Gasteiger partial charge in [-0.2, -0.15) is 0 Å². The molecular weight excluding hydrogens is 483 g/mol. The Kier molecular flexibility index (Phi) is 6.14. The summed E-state index contributed by atoms with van der Waals surface area (Å²) in [6, 6.07) is 10.9. The van der Waals surface area contributed by atoms with Crippen LogP contribution in [0, 0.1) is 15.9 Å². The molecule has 1 aliphatic rings. The summed E-state index contributed by atoms with van der Waals surface area (Å²) in [4.78, 5) is 37.9. The monoisotopic (exact) mass is 498 g/mol. The lowest BCUT2D eigenvalue weighted by atomic mass is 9.94. The molecule has 0 spiro atoms. The van der Waals surface area contributed by atoms with Crippen LogP contribution in [0.25, 0.3) is 5.76 Å². The van der Waals surface area contributed by atoms with Gasteiger partial charge >= 0.3 is 5.69 Å². The first kappa shape index (κ1) is 23.7. The van der Waals surface area contributed by atoms with E-state index in [0.717, 1.165) is 29.2 Å². The second kappa shape index (κ2) is 9.07. The number of methoxy groups -OCH3 is 1. The summed E-state index contributed by atoms with van der Waals surface area (Å²) in [7, 11) is 1.33. The minimum absolute atomic E-state index is 0.00961. The Hall–Kier alpha value is -4.44. The summed E-state index contributed by atoms with van der Waals surface area (Å²) >= 11 is 6.07. The van der Waals surface area contributed by atoms with Crippen LogP contribution in [0.3, 0.4) is 0 Å². The summed E-state index contributed by atoms with van der Waals surface area (Å²) in [5.74, 6) is -3.85. The highest BCUT2D eigenvalue weighted by Gasteiger charge is 2.47. The van der Waals surface area contributed by atoms with E-state index in [4.69, 9.17) is 16.3 Å². The molecule has 2 N–H and O–H groups in total. The number of ether oxygens (including phenoxy) is 1. The number of ketones is 1. The number of Topliss-reactive ketones (excluding diaryl/α,β-unsaturated/α-hetero) is 1. The predicted octanol–water partition coefficient (Wildman–Crippen LogP) is 4.73. The fourth-order valence-electron chi connectivity index (χ4n) is 3.88. The van der Waals surface area contributed by atoms with E-state index in [1.54, 1.807) is 0 Å². The van der Waals surface area contributed by atoms with E-state index in [0.29, 0.717) is 0 Å². The molecule has 1 atom stereocenters. The van der Waals surface area contributed by atoms with Gasteiger partial charge in [-0.15, -0.1) is 0 Å². The fraction of sp³-hybridized carbons (Fsp3) is 0.0833. The molecule has 0 aromatic heterocycles. The standard InChI is InChI=1S/C24H16ClFN2O7/c1-35-19-9-3-13(25)11-16(19)22(30)20-21(12-2-8-18(29)17(10-12)28(33)34)27(24(32)23(20)31)15-6-4-14(26)5-7-15/h2-11,21,29-30H,1H3/b22-20+. The van der Waals surface area contributed by atoms with Crippen molar-refractivity contribution >= 4 is 40.4 Å². The maximum Gasteiger partial charge on any atom is 0.311 e. The van der Waals surface area contributed by atoms with Crippen molar-refractivity contribution in [2.45, 2.75) is 6.04 Å². The summed E-state index contributed by atoms with van der Waals surface area (Å²) in [6.45, 7) is 0. The van der Waals surface area contributed by atoms with Gasteiger partial charge in [-0.1, -0.05) is 17.7 Å². The highest BCUT2D eigenvalue weighted by molar-refractivity contribution is 6.51. The molecule has 1 fully saturated rings.